The van der Waals surface area contributed by atoms with E-state index in [0.717, 1.165) is 16.8 Å². The Balaban J connectivity index is 1.53. The number of halogens is 3. The van der Waals surface area contributed by atoms with Crippen molar-refractivity contribution in [2.75, 3.05) is 6.61 Å². The SMILES string of the molecule is C[C@@H](NC(=O)Cc1ccc(-c2ccnn2C)cc1)c1ccc(OCC(F)(F)F)cn1. The molecule has 1 atom stereocenters. The molecule has 2 heterocycles. The standard InChI is InChI=1S/C21H21F3N4O2/c1-14(18-8-7-17(12-25-18)30-13-21(22,23)24)27-20(29)11-15-3-5-16(6-4-15)19-9-10-26-28(19)2/h3-10,12,14H,11,13H2,1-2H3,(H,27,29)/t14-/m1/s1. The Hall–Kier alpha value is -3.36. The third-order valence-electron chi connectivity index (χ3n) is 4.42. The van der Waals surface area contributed by atoms with Crippen molar-refractivity contribution in [2.24, 2.45) is 7.05 Å². The van der Waals surface area contributed by atoms with Crippen LogP contribution in [0.2, 0.25) is 0 Å². The molecule has 6 nitrogen and oxygen atoms in total. The Bertz CT molecular complexity index is 983. The molecule has 3 aromatic rings. The van der Waals surface area contributed by atoms with Crippen molar-refractivity contribution in [3.8, 4) is 17.0 Å². The first-order chi connectivity index (χ1) is 14.2. The van der Waals surface area contributed by atoms with Gasteiger partial charge in [0, 0.05) is 13.2 Å². The number of nitrogens with one attached hydrogen (secondary N) is 1. The predicted molar refractivity (Wildman–Crippen MR) is 105 cm³/mol. The van der Waals surface area contributed by atoms with Gasteiger partial charge in [-0.3, -0.25) is 14.5 Å². The summed E-state index contributed by atoms with van der Waals surface area (Å²) in [4.78, 5) is 16.4. The molecule has 9 heteroatoms. The van der Waals surface area contributed by atoms with Gasteiger partial charge in [-0.1, -0.05) is 24.3 Å². The van der Waals surface area contributed by atoms with Gasteiger partial charge in [-0.05, 0) is 36.2 Å². The van der Waals surface area contributed by atoms with E-state index in [2.05, 4.69) is 20.1 Å². The highest BCUT2D eigenvalue weighted by Gasteiger charge is 2.28. The number of aryl methyl sites for hydroxylation is 1. The number of aromatic nitrogens is 3. The molecular weight excluding hydrogens is 397 g/mol. The third kappa shape index (κ3) is 5.82. The van der Waals surface area contributed by atoms with E-state index in [0.29, 0.717) is 5.69 Å². The van der Waals surface area contributed by atoms with Crippen LogP contribution >= 0.6 is 0 Å². The minimum Gasteiger partial charge on any atom is -0.483 e. The second-order valence-corrected chi connectivity index (χ2v) is 6.83. The van der Waals surface area contributed by atoms with Crippen LogP contribution in [0.25, 0.3) is 11.3 Å². The fourth-order valence-electron chi connectivity index (χ4n) is 2.90. The Morgan fingerprint density at radius 3 is 2.47 bits per heavy atom. The van der Waals surface area contributed by atoms with Gasteiger partial charge >= 0.3 is 6.18 Å². The normalized spacial score (nSPS) is 12.4. The summed E-state index contributed by atoms with van der Waals surface area (Å²) in [5, 5.41) is 6.98. The molecule has 0 aliphatic heterocycles. The zero-order chi connectivity index (χ0) is 21.7. The summed E-state index contributed by atoms with van der Waals surface area (Å²) in [7, 11) is 1.86. The van der Waals surface area contributed by atoms with Gasteiger partial charge in [-0.15, -0.1) is 0 Å². The summed E-state index contributed by atoms with van der Waals surface area (Å²) in [5.41, 5.74) is 3.36. The molecule has 0 fully saturated rings. The molecule has 0 unspecified atom stereocenters. The maximum absolute atomic E-state index is 12.3. The van der Waals surface area contributed by atoms with Gasteiger partial charge in [0.15, 0.2) is 6.61 Å². The molecule has 158 valence electrons. The van der Waals surface area contributed by atoms with E-state index in [4.69, 9.17) is 0 Å². The summed E-state index contributed by atoms with van der Waals surface area (Å²) >= 11 is 0. The Morgan fingerprint density at radius 1 is 1.17 bits per heavy atom. The van der Waals surface area contributed by atoms with Crippen molar-refractivity contribution in [1.82, 2.24) is 20.1 Å². The number of carbonyl (C=O) groups excluding carboxylic acids is 1. The number of ether oxygens (including phenoxy) is 1. The van der Waals surface area contributed by atoms with Crippen molar-refractivity contribution in [1.29, 1.82) is 0 Å². The summed E-state index contributed by atoms with van der Waals surface area (Å²) in [6.07, 6.45) is -1.28. The fraction of sp³-hybridized carbons (Fsp3) is 0.286. The summed E-state index contributed by atoms with van der Waals surface area (Å²) < 4.78 is 43.0. The third-order valence-corrected chi connectivity index (χ3v) is 4.42. The van der Waals surface area contributed by atoms with Crippen molar-refractivity contribution in [3.63, 3.8) is 0 Å². The molecule has 0 aliphatic carbocycles. The number of nitrogens with zero attached hydrogens (tertiary/aromatic N) is 3. The van der Waals surface area contributed by atoms with Crippen molar-refractivity contribution in [3.05, 3.63) is 66.1 Å². The van der Waals surface area contributed by atoms with E-state index in [1.165, 1.54) is 18.3 Å². The molecule has 3 rings (SSSR count). The average Bonchev–Trinajstić information content (AvgIpc) is 3.12. The van der Waals surface area contributed by atoms with E-state index >= 15 is 0 Å². The molecule has 30 heavy (non-hydrogen) atoms. The van der Waals surface area contributed by atoms with E-state index in [9.17, 15) is 18.0 Å². The van der Waals surface area contributed by atoms with E-state index in [1.807, 2.05) is 37.4 Å². The molecule has 1 aromatic carbocycles. The van der Waals surface area contributed by atoms with Gasteiger partial charge in [-0.25, -0.2) is 0 Å². The molecule has 0 bridgehead atoms. The number of carbonyl (C=O) groups is 1. The minimum absolute atomic E-state index is 0.0168. The number of hydrogen-bond acceptors (Lipinski definition) is 4. The summed E-state index contributed by atoms with van der Waals surface area (Å²) in [6.45, 7) is 0.377. The number of rotatable bonds is 7. The lowest BCUT2D eigenvalue weighted by atomic mass is 10.1. The number of hydrogen-bond donors (Lipinski definition) is 1. The first kappa shape index (κ1) is 21.4. The van der Waals surface area contributed by atoms with E-state index in [1.54, 1.807) is 17.8 Å². The van der Waals surface area contributed by atoms with Crippen LogP contribution in [-0.4, -0.2) is 33.5 Å². The monoisotopic (exact) mass is 418 g/mol. The first-order valence-corrected chi connectivity index (χ1v) is 9.23. The minimum atomic E-state index is -4.41. The zero-order valence-electron chi connectivity index (χ0n) is 16.5. The number of alkyl halides is 3. The van der Waals surface area contributed by atoms with Gasteiger partial charge < -0.3 is 10.1 Å². The highest BCUT2D eigenvalue weighted by Crippen LogP contribution is 2.20. The second-order valence-electron chi connectivity index (χ2n) is 6.83. The Labute approximate surface area is 171 Å². The van der Waals surface area contributed by atoms with Gasteiger partial charge in [0.25, 0.3) is 0 Å². The fourth-order valence-corrected chi connectivity index (χ4v) is 2.90. The lowest BCUT2D eigenvalue weighted by Gasteiger charge is -2.14. The topological polar surface area (TPSA) is 69.0 Å². The summed E-state index contributed by atoms with van der Waals surface area (Å²) in [5.74, 6) is -0.168. The zero-order valence-corrected chi connectivity index (χ0v) is 16.5. The van der Waals surface area contributed by atoms with Gasteiger partial charge in [0.1, 0.15) is 5.75 Å². The number of benzene rings is 1. The van der Waals surface area contributed by atoms with Gasteiger partial charge in [-0.2, -0.15) is 18.3 Å². The predicted octanol–water partition coefficient (Wildman–Crippen LogP) is 3.84. The van der Waals surface area contributed by atoms with Crippen LogP contribution in [0.4, 0.5) is 13.2 Å². The van der Waals surface area contributed by atoms with Crippen LogP contribution in [0.1, 0.15) is 24.2 Å². The number of amides is 1. The highest BCUT2D eigenvalue weighted by atomic mass is 19.4. The van der Waals surface area contributed by atoms with Crippen LogP contribution in [0, 0.1) is 0 Å². The molecule has 2 aromatic heterocycles. The van der Waals surface area contributed by atoms with Crippen LogP contribution < -0.4 is 10.1 Å². The van der Waals surface area contributed by atoms with Crippen molar-refractivity contribution in [2.45, 2.75) is 25.6 Å². The molecule has 0 spiro atoms. The molecule has 0 saturated heterocycles. The average molecular weight is 418 g/mol. The van der Waals surface area contributed by atoms with Gasteiger partial charge in [0.05, 0.1) is 30.0 Å². The quantitative estimate of drug-likeness (QED) is 0.633. The largest absolute Gasteiger partial charge is 0.483 e. The summed E-state index contributed by atoms with van der Waals surface area (Å²) in [6, 6.07) is 12.1. The van der Waals surface area contributed by atoms with Crippen LogP contribution in [-0.2, 0) is 18.3 Å². The molecule has 1 amide bonds. The molecular formula is C21H21F3N4O2. The van der Waals surface area contributed by atoms with E-state index < -0.39 is 18.8 Å². The van der Waals surface area contributed by atoms with Gasteiger partial charge in [0.2, 0.25) is 5.91 Å². The van der Waals surface area contributed by atoms with Crippen LogP contribution in [0.5, 0.6) is 5.75 Å². The highest BCUT2D eigenvalue weighted by molar-refractivity contribution is 5.79. The molecule has 0 radical (unpaired) electrons. The van der Waals surface area contributed by atoms with Crippen LogP contribution in [0.15, 0.2) is 54.9 Å². The molecule has 0 saturated carbocycles. The maximum Gasteiger partial charge on any atom is 0.422 e. The van der Waals surface area contributed by atoms with Crippen LogP contribution in [0.3, 0.4) is 0 Å². The lowest BCUT2D eigenvalue weighted by Crippen LogP contribution is -2.28. The molecule has 0 aliphatic rings. The number of pyridine rings is 1. The Kier molecular flexibility index (Phi) is 6.39. The van der Waals surface area contributed by atoms with Crippen molar-refractivity contribution < 1.29 is 22.7 Å². The smallest absolute Gasteiger partial charge is 0.422 e. The van der Waals surface area contributed by atoms with E-state index in [-0.39, 0.29) is 18.1 Å². The first-order valence-electron chi connectivity index (χ1n) is 9.23. The lowest BCUT2D eigenvalue weighted by molar-refractivity contribution is -0.153. The second kappa shape index (κ2) is 8.98. The maximum atomic E-state index is 12.3. The molecule has 1 N–H and O–H groups in total. The van der Waals surface area contributed by atoms with Crippen molar-refractivity contribution >= 4 is 5.91 Å². The Morgan fingerprint density at radius 2 is 1.90 bits per heavy atom.